The summed E-state index contributed by atoms with van der Waals surface area (Å²) in [6, 6.07) is 25.2. The van der Waals surface area contributed by atoms with Crippen LogP contribution in [0.1, 0.15) is 27.2 Å². The molecule has 1 unspecified atom stereocenters. The second-order valence-corrected chi connectivity index (χ2v) is 8.55. The summed E-state index contributed by atoms with van der Waals surface area (Å²) in [4.78, 5) is 18.3. The highest BCUT2D eigenvalue weighted by Crippen LogP contribution is 2.25. The Morgan fingerprint density at radius 1 is 0.909 bits per heavy atom. The van der Waals surface area contributed by atoms with Crippen molar-refractivity contribution in [1.29, 1.82) is 0 Å². The van der Waals surface area contributed by atoms with E-state index >= 15 is 0 Å². The molecule has 2 N–H and O–H groups in total. The molecule has 3 aromatic carbocycles. The van der Waals surface area contributed by atoms with E-state index < -0.39 is 0 Å². The number of rotatable bonds is 6. The first kappa shape index (κ1) is 20.9. The number of aromatic nitrogens is 2. The normalized spacial score (nSPS) is 14.7. The maximum absolute atomic E-state index is 13.4. The molecule has 0 radical (unpaired) electrons. The van der Waals surface area contributed by atoms with Gasteiger partial charge in [0.1, 0.15) is 23.3 Å². The van der Waals surface area contributed by atoms with Crippen LogP contribution < -0.4 is 9.88 Å². The molecule has 0 saturated carbocycles. The molecule has 0 saturated heterocycles. The van der Waals surface area contributed by atoms with Crippen molar-refractivity contribution < 1.29 is 14.5 Å². The molecular weight excluding hydrogens is 410 g/mol. The first-order valence-corrected chi connectivity index (χ1v) is 11.2. The number of nitrogens with one attached hydrogen (secondary N) is 1. The Morgan fingerprint density at radius 3 is 2.36 bits per heavy atom. The molecular formula is C28H26N3O2+. The van der Waals surface area contributed by atoms with Gasteiger partial charge in [-0.3, -0.25) is 5.32 Å². The highest BCUT2D eigenvalue weighted by molar-refractivity contribution is 5.82. The molecule has 0 spiro atoms. The lowest BCUT2D eigenvalue weighted by Gasteiger charge is -2.07. The van der Waals surface area contributed by atoms with Crippen molar-refractivity contribution in [2.75, 3.05) is 5.32 Å². The van der Waals surface area contributed by atoms with E-state index in [4.69, 9.17) is 4.98 Å². The van der Waals surface area contributed by atoms with Crippen molar-refractivity contribution in [3.05, 3.63) is 107 Å². The molecule has 33 heavy (non-hydrogen) atoms. The van der Waals surface area contributed by atoms with Gasteiger partial charge in [0.25, 0.3) is 0 Å². The molecule has 1 aliphatic heterocycles. The van der Waals surface area contributed by atoms with Gasteiger partial charge in [0, 0.05) is 18.4 Å². The molecule has 5 heteroatoms. The third-order valence-corrected chi connectivity index (χ3v) is 6.08. The van der Waals surface area contributed by atoms with Crippen LogP contribution in [0.3, 0.4) is 0 Å². The van der Waals surface area contributed by atoms with E-state index in [9.17, 15) is 9.90 Å². The van der Waals surface area contributed by atoms with Crippen LogP contribution in [-0.2, 0) is 19.3 Å². The van der Waals surface area contributed by atoms with Crippen LogP contribution in [-0.4, -0.2) is 22.0 Å². The van der Waals surface area contributed by atoms with Crippen LogP contribution in [0.5, 0.6) is 5.75 Å². The summed E-state index contributed by atoms with van der Waals surface area (Å²) in [5.74, 6) is 0.998. The maximum atomic E-state index is 13.4. The molecule has 5 rings (SSSR count). The number of hydrogen-bond donors (Lipinski definition) is 2. The Morgan fingerprint density at radius 2 is 1.64 bits per heavy atom. The average Bonchev–Trinajstić information content (AvgIpc) is 3.15. The van der Waals surface area contributed by atoms with E-state index in [1.54, 1.807) is 22.9 Å². The molecule has 164 valence electrons. The maximum Gasteiger partial charge on any atom is 0.359 e. The highest BCUT2D eigenvalue weighted by Gasteiger charge is 2.40. The lowest BCUT2D eigenvalue weighted by molar-refractivity contribution is -0.552. The zero-order valence-corrected chi connectivity index (χ0v) is 18.5. The summed E-state index contributed by atoms with van der Waals surface area (Å²) in [6.45, 7) is 2.06. The van der Waals surface area contributed by atoms with Gasteiger partial charge in [-0.25, -0.2) is 9.78 Å². The number of aromatic hydroxyl groups is 1. The predicted octanol–water partition coefficient (Wildman–Crippen LogP) is 4.51. The van der Waals surface area contributed by atoms with E-state index in [0.29, 0.717) is 18.5 Å². The summed E-state index contributed by atoms with van der Waals surface area (Å²) in [5, 5.41) is 13.1. The Balaban J connectivity index is 1.49. The molecule has 0 bridgehead atoms. The first-order valence-electron chi connectivity index (χ1n) is 11.2. The number of carbonyl (C=O) groups excluding carboxylic acids is 1. The number of fused-ring (bicyclic) bond motifs is 1. The lowest BCUT2D eigenvalue weighted by Crippen LogP contribution is -2.44. The third kappa shape index (κ3) is 4.48. The number of nitrogens with zero attached hydrogens (tertiary/aromatic N) is 2. The van der Waals surface area contributed by atoms with Crippen molar-refractivity contribution in [1.82, 2.24) is 4.98 Å². The predicted molar refractivity (Wildman–Crippen MR) is 128 cm³/mol. The number of phenols is 1. The van der Waals surface area contributed by atoms with Crippen LogP contribution >= 0.6 is 0 Å². The molecule has 0 aliphatic carbocycles. The summed E-state index contributed by atoms with van der Waals surface area (Å²) >= 11 is 0. The number of anilines is 1. The van der Waals surface area contributed by atoms with Gasteiger partial charge in [-0.1, -0.05) is 60.2 Å². The van der Waals surface area contributed by atoms with E-state index in [1.807, 2.05) is 30.3 Å². The average molecular weight is 437 g/mol. The Hall–Kier alpha value is -3.99. The summed E-state index contributed by atoms with van der Waals surface area (Å²) < 4.78 is 1.72. The number of aryl methyl sites for hydroxylation is 3. The van der Waals surface area contributed by atoms with Crippen molar-refractivity contribution in [3.63, 3.8) is 0 Å². The molecule has 1 atom stereocenters. The van der Waals surface area contributed by atoms with E-state index in [0.717, 1.165) is 29.1 Å². The van der Waals surface area contributed by atoms with Crippen LogP contribution in [0.4, 0.5) is 5.82 Å². The summed E-state index contributed by atoms with van der Waals surface area (Å²) in [7, 11) is 0. The fourth-order valence-corrected chi connectivity index (χ4v) is 4.23. The van der Waals surface area contributed by atoms with Crippen molar-refractivity contribution >= 4 is 11.7 Å². The number of hydrogen-bond acceptors (Lipinski definition) is 4. The number of benzene rings is 3. The number of carbonyl (C=O) groups is 1. The second-order valence-electron chi connectivity index (χ2n) is 8.55. The molecule has 0 fully saturated rings. The molecule has 4 aromatic rings. The largest absolute Gasteiger partial charge is 0.508 e. The van der Waals surface area contributed by atoms with E-state index in [2.05, 4.69) is 48.6 Å². The monoisotopic (exact) mass is 436 g/mol. The lowest BCUT2D eigenvalue weighted by atomic mass is 10.0. The van der Waals surface area contributed by atoms with E-state index in [1.165, 1.54) is 11.1 Å². The second kappa shape index (κ2) is 8.87. The zero-order chi connectivity index (χ0) is 22.8. The van der Waals surface area contributed by atoms with Gasteiger partial charge < -0.3 is 5.11 Å². The van der Waals surface area contributed by atoms with Crippen LogP contribution in [0.2, 0.25) is 0 Å². The Kier molecular flexibility index (Phi) is 5.61. The smallest absolute Gasteiger partial charge is 0.359 e. The minimum Gasteiger partial charge on any atom is -0.508 e. The minimum atomic E-state index is -0.333. The molecule has 1 aromatic heterocycles. The molecule has 0 amide bonds. The molecule has 1 aliphatic rings. The van der Waals surface area contributed by atoms with Crippen LogP contribution in [0.25, 0.3) is 11.3 Å². The topological polar surface area (TPSA) is 66.1 Å². The summed E-state index contributed by atoms with van der Waals surface area (Å²) in [5.41, 5.74) is 6.00. The number of phenolic OH excluding ortho intramolecular Hbond substituents is 1. The van der Waals surface area contributed by atoms with Gasteiger partial charge in [-0.15, -0.1) is 0 Å². The fourth-order valence-electron chi connectivity index (χ4n) is 4.23. The van der Waals surface area contributed by atoms with Gasteiger partial charge in [-0.05, 0) is 48.7 Å². The van der Waals surface area contributed by atoms with Gasteiger partial charge in [-0.2, -0.15) is 4.57 Å². The van der Waals surface area contributed by atoms with E-state index in [-0.39, 0.29) is 17.7 Å². The van der Waals surface area contributed by atoms with Gasteiger partial charge in [0.2, 0.25) is 0 Å². The molecule has 5 nitrogen and oxygen atoms in total. The zero-order valence-electron chi connectivity index (χ0n) is 18.5. The van der Waals surface area contributed by atoms with Crippen molar-refractivity contribution in [2.45, 2.75) is 32.2 Å². The first-order chi connectivity index (χ1) is 16.1. The van der Waals surface area contributed by atoms with Gasteiger partial charge >= 0.3 is 11.7 Å². The van der Waals surface area contributed by atoms with Gasteiger partial charge in [0.15, 0.2) is 6.04 Å². The Labute approximate surface area is 193 Å². The standard InChI is InChI=1S/C28H25N3O2/c1-19-7-9-21(10-8-19)17-25-28(33)31-18-26(22-12-14-23(32)15-13-22)29-24(27(31)30-25)16-11-20-5-3-2-4-6-20/h2-10,12-15,18,25,32H,11,16-17H2,1H3/p+1. The van der Waals surface area contributed by atoms with Crippen LogP contribution in [0, 0.1) is 6.92 Å². The van der Waals surface area contributed by atoms with Crippen LogP contribution in [0.15, 0.2) is 85.1 Å². The quantitative estimate of drug-likeness (QED) is 0.437. The summed E-state index contributed by atoms with van der Waals surface area (Å²) in [6.07, 6.45) is 3.97. The Bertz CT molecular complexity index is 1280. The van der Waals surface area contributed by atoms with Crippen molar-refractivity contribution in [2.24, 2.45) is 0 Å². The fraction of sp³-hybridized carbons (Fsp3) is 0.179. The van der Waals surface area contributed by atoms with Gasteiger partial charge in [0.05, 0.1) is 0 Å². The SMILES string of the molecule is Cc1ccc(CC2Nc3c(CCc4ccccc4)nc(-c4ccc(O)cc4)c[n+]3C2=O)cc1. The minimum absolute atomic E-state index is 0.0222. The third-order valence-electron chi connectivity index (χ3n) is 6.08. The van der Waals surface area contributed by atoms with Crippen molar-refractivity contribution in [3.8, 4) is 17.0 Å². The highest BCUT2D eigenvalue weighted by atomic mass is 16.3. The molecule has 2 heterocycles.